The van der Waals surface area contributed by atoms with Crippen LogP contribution in [-0.2, 0) is 18.9 Å². The molecule has 0 saturated heterocycles. The van der Waals surface area contributed by atoms with Gasteiger partial charge in [-0.25, -0.2) is 44.7 Å². The fourth-order valence-electron chi connectivity index (χ4n) is 11.5. The van der Waals surface area contributed by atoms with Crippen LogP contribution in [0.1, 0.15) is 111 Å². The van der Waals surface area contributed by atoms with E-state index in [-0.39, 0.29) is 58.0 Å². The van der Waals surface area contributed by atoms with E-state index < -0.39 is 48.9 Å². The number of carbonyl (C=O) groups is 3. The molecule has 0 radical (unpaired) electrons. The average Bonchev–Trinajstić information content (AvgIpc) is 1.27. The zero-order chi connectivity index (χ0) is 67.0. The van der Waals surface area contributed by atoms with E-state index in [9.17, 15) is 69.7 Å². The Hall–Kier alpha value is -10.8. The minimum absolute atomic E-state index is 0.0103. The molecule has 0 bridgehead atoms. The number of nitriles is 3. The predicted octanol–water partition coefficient (Wildman–Crippen LogP) is 17.0. The number of methoxy groups -OCH3 is 1. The largest absolute Gasteiger partial charge is 0.462 e. The Kier molecular flexibility index (Phi) is 20.1. The van der Waals surface area contributed by atoms with Gasteiger partial charge in [-0.05, 0) is 105 Å². The van der Waals surface area contributed by atoms with Crippen LogP contribution in [-0.4, -0.2) is 74.9 Å². The van der Waals surface area contributed by atoms with Gasteiger partial charge in [-0.2, -0.15) is 39.5 Å². The monoisotopic (exact) mass is 1260 g/mol. The SMILES string of the molecule is [C-]#[N+]/C(C#N)=C1\c2ccccc2-c2c(C(=O)OCCC(F)(F)C(F)(F)C(F)(F)C(F)(F)F)cccc21.[C-]#[N+]/C(C#N)=C1\c2ccccc2-c2c(C(=O)OCCOC)cccc21.[C-]#[N+]/C(C#N)=C1\c2ccccc2-c2c(C(=O)O[C@@H]3C[C@H](C(C)C)CC[C@H]3C)cccc21. The number of fused-ring (bicyclic) bond motifs is 9. The zero-order valence-electron chi connectivity index (χ0n) is 49.3. The summed E-state index contributed by atoms with van der Waals surface area (Å²) < 4.78 is 138. The highest BCUT2D eigenvalue weighted by atomic mass is 19.4. The highest BCUT2D eigenvalue weighted by Gasteiger charge is 2.81. The van der Waals surface area contributed by atoms with Gasteiger partial charge in [-0.1, -0.05) is 130 Å². The molecular formula is C70H51F9N6O7. The van der Waals surface area contributed by atoms with Crippen molar-refractivity contribution >= 4 is 34.6 Å². The molecule has 6 aromatic carbocycles. The molecule has 13 nitrogen and oxygen atoms in total. The molecule has 92 heavy (non-hydrogen) atoms. The minimum atomic E-state index is -7.04. The number of alkyl halides is 9. The number of rotatable bonds is 13. The third-order valence-electron chi connectivity index (χ3n) is 16.2. The number of benzene rings is 6. The Bertz CT molecular complexity index is 4270. The Labute approximate surface area is 522 Å². The molecule has 466 valence electrons. The van der Waals surface area contributed by atoms with Gasteiger partial charge in [0.1, 0.15) is 12.7 Å². The first-order valence-corrected chi connectivity index (χ1v) is 28.3. The van der Waals surface area contributed by atoms with Crippen LogP contribution in [0.3, 0.4) is 0 Å². The van der Waals surface area contributed by atoms with Crippen LogP contribution in [0, 0.1) is 71.5 Å². The molecular weight excluding hydrogens is 1210 g/mol. The van der Waals surface area contributed by atoms with E-state index in [1.165, 1.54) is 31.7 Å². The number of ether oxygens (including phenoxy) is 4. The summed E-state index contributed by atoms with van der Waals surface area (Å²) in [7, 11) is 1.54. The highest BCUT2D eigenvalue weighted by Crippen LogP contribution is 2.55. The zero-order valence-corrected chi connectivity index (χ0v) is 49.3. The molecule has 6 aromatic rings. The van der Waals surface area contributed by atoms with Crippen molar-refractivity contribution in [2.75, 3.05) is 26.9 Å². The quantitative estimate of drug-likeness (QED) is 0.0270. The summed E-state index contributed by atoms with van der Waals surface area (Å²) in [6.07, 6.45) is -6.22. The summed E-state index contributed by atoms with van der Waals surface area (Å²) in [6, 6.07) is 41.6. The van der Waals surface area contributed by atoms with Crippen LogP contribution < -0.4 is 0 Å². The maximum absolute atomic E-state index is 13.7. The van der Waals surface area contributed by atoms with Gasteiger partial charge in [0.15, 0.2) is 0 Å². The summed E-state index contributed by atoms with van der Waals surface area (Å²) in [4.78, 5) is 48.4. The molecule has 3 atom stereocenters. The lowest BCUT2D eigenvalue weighted by molar-refractivity contribution is -0.397. The fraction of sp³-hybridized carbons (Fsp3) is 0.271. The van der Waals surface area contributed by atoms with E-state index in [0.717, 1.165) is 52.3 Å². The van der Waals surface area contributed by atoms with E-state index in [0.29, 0.717) is 68.9 Å². The van der Waals surface area contributed by atoms with Crippen molar-refractivity contribution in [3.63, 3.8) is 0 Å². The third-order valence-corrected chi connectivity index (χ3v) is 16.2. The summed E-state index contributed by atoms with van der Waals surface area (Å²) >= 11 is 0. The van der Waals surface area contributed by atoms with E-state index in [1.807, 2.05) is 78.9 Å². The van der Waals surface area contributed by atoms with Gasteiger partial charge < -0.3 is 18.9 Å². The number of nitrogens with zero attached hydrogens (tertiary/aromatic N) is 6. The summed E-state index contributed by atoms with van der Waals surface area (Å²) in [6.45, 7) is 27.5. The second-order valence-electron chi connectivity index (χ2n) is 21.8. The summed E-state index contributed by atoms with van der Waals surface area (Å²) in [5, 5.41) is 28.2. The van der Waals surface area contributed by atoms with E-state index in [2.05, 4.69) is 40.0 Å². The van der Waals surface area contributed by atoms with Gasteiger partial charge in [-0.3, -0.25) is 0 Å². The molecule has 10 rings (SSSR count). The molecule has 1 fully saturated rings. The average molecular weight is 1260 g/mol. The lowest BCUT2D eigenvalue weighted by Gasteiger charge is -2.35. The maximum Gasteiger partial charge on any atom is 0.460 e. The number of halogens is 9. The van der Waals surface area contributed by atoms with Gasteiger partial charge in [0.2, 0.25) is 0 Å². The number of allylic oxidation sites excluding steroid dienone is 3. The Morgan fingerprint density at radius 2 is 0.870 bits per heavy atom. The van der Waals surface area contributed by atoms with Gasteiger partial charge in [-0.15, -0.1) is 0 Å². The van der Waals surface area contributed by atoms with Crippen molar-refractivity contribution < 1.29 is 72.8 Å². The molecule has 0 amide bonds. The first-order valence-electron chi connectivity index (χ1n) is 28.3. The molecule has 0 spiro atoms. The van der Waals surface area contributed by atoms with E-state index >= 15 is 0 Å². The van der Waals surface area contributed by atoms with Crippen LogP contribution in [0.25, 0.3) is 64.6 Å². The topological polar surface area (TPSA) is 173 Å². The van der Waals surface area contributed by atoms with Crippen LogP contribution >= 0.6 is 0 Å². The first kappa shape index (κ1) is 67.2. The molecule has 0 N–H and O–H groups in total. The standard InChI is InChI=1S/C27H26N2O2.C23H11F9N2O2.C20H14N2O3/c1-16(2)18-13-12-17(3)24(14-18)31-27(30)22-11-7-10-21-25(22)19-8-5-6-9-20(19)26(21)23(15-28)29-4;1-34-16(11-33)18-13-6-3-2-5-12(13)17-14(18)7-4-8-15(17)19(35)36-10-9-20(24,25)21(26,27)22(28,29)23(30,31)32;1-22-17(12-21)19-14-7-4-3-6-13(14)18-15(19)8-5-9-16(18)20(23)25-11-10-24-2/h5-11,16-18,24H,12-14H2,1-3H3;2-8H,9-10H2;3-9H,10-11H2,2H3/b26-23+;18-16+;19-17+/t17-,18-,24-;;/m1../s1. The summed E-state index contributed by atoms with van der Waals surface area (Å²) in [5.74, 6) is -20.4. The van der Waals surface area contributed by atoms with Crippen molar-refractivity contribution in [1.29, 1.82) is 15.8 Å². The summed E-state index contributed by atoms with van der Waals surface area (Å²) in [5.41, 5.74) is 9.00. The molecule has 0 aliphatic heterocycles. The highest BCUT2D eigenvalue weighted by molar-refractivity contribution is 6.13. The molecule has 0 heterocycles. The van der Waals surface area contributed by atoms with Crippen LogP contribution in [0.5, 0.6) is 0 Å². The van der Waals surface area contributed by atoms with Gasteiger partial charge in [0, 0.05) is 40.5 Å². The predicted molar refractivity (Wildman–Crippen MR) is 319 cm³/mol. The van der Waals surface area contributed by atoms with Gasteiger partial charge >= 0.3 is 41.9 Å². The van der Waals surface area contributed by atoms with Crippen molar-refractivity contribution in [3.05, 3.63) is 229 Å². The second kappa shape index (κ2) is 27.5. The molecule has 1 saturated carbocycles. The Balaban J connectivity index is 0.000000180. The van der Waals surface area contributed by atoms with Crippen LogP contribution in [0.2, 0.25) is 0 Å². The smallest absolute Gasteiger partial charge is 0.460 e. The van der Waals surface area contributed by atoms with Crippen LogP contribution in [0.4, 0.5) is 39.5 Å². The van der Waals surface area contributed by atoms with Crippen molar-refractivity contribution in [2.45, 2.75) is 76.5 Å². The fourth-order valence-corrected chi connectivity index (χ4v) is 11.5. The molecule has 0 aromatic heterocycles. The Morgan fingerprint density at radius 3 is 1.22 bits per heavy atom. The lowest BCUT2D eigenvalue weighted by atomic mass is 9.76. The van der Waals surface area contributed by atoms with Crippen molar-refractivity contribution in [1.82, 2.24) is 0 Å². The maximum atomic E-state index is 13.7. The molecule has 0 unspecified atom stereocenters. The lowest BCUT2D eigenvalue weighted by Crippen LogP contribution is -2.61. The number of esters is 3. The second-order valence-corrected chi connectivity index (χ2v) is 21.8. The molecule has 4 aliphatic carbocycles. The van der Waals surface area contributed by atoms with Gasteiger partial charge in [0.05, 0.1) is 74.2 Å². The van der Waals surface area contributed by atoms with Crippen molar-refractivity contribution in [2.24, 2.45) is 17.8 Å². The molecule has 22 heteroatoms. The number of carbonyl (C=O) groups excluding carboxylic acids is 3. The van der Waals surface area contributed by atoms with E-state index in [4.69, 9.17) is 33.9 Å². The molecule has 4 aliphatic rings. The first-order chi connectivity index (χ1) is 43.8. The number of hydrogen-bond acceptors (Lipinski definition) is 10. The van der Waals surface area contributed by atoms with Crippen LogP contribution in [0.15, 0.2) is 144 Å². The Morgan fingerprint density at radius 1 is 0.511 bits per heavy atom. The third kappa shape index (κ3) is 12.6. The van der Waals surface area contributed by atoms with Gasteiger partial charge in [0.25, 0.3) is 17.1 Å². The van der Waals surface area contributed by atoms with Crippen molar-refractivity contribution in [3.8, 4) is 51.6 Å². The van der Waals surface area contributed by atoms with E-state index in [1.54, 1.807) is 42.5 Å². The minimum Gasteiger partial charge on any atom is -0.462 e. The normalized spacial score (nSPS) is 17.3. The number of hydrogen-bond donors (Lipinski definition) is 0.